The second kappa shape index (κ2) is 7.21. The Labute approximate surface area is 118 Å². The van der Waals surface area contributed by atoms with Crippen LogP contribution in [-0.2, 0) is 4.74 Å². The van der Waals surface area contributed by atoms with Gasteiger partial charge < -0.3 is 20.3 Å². The van der Waals surface area contributed by atoms with E-state index in [4.69, 9.17) is 4.74 Å². The number of carbonyl (C=O) groups excluding carboxylic acids is 1. The minimum Gasteiger partial charge on any atom is -0.444 e. The molecule has 1 aromatic heterocycles. The molecule has 0 aromatic carbocycles. The third-order valence-electron chi connectivity index (χ3n) is 2.46. The van der Waals surface area contributed by atoms with Crippen molar-refractivity contribution >= 4 is 6.09 Å². The van der Waals surface area contributed by atoms with Gasteiger partial charge in [0.25, 0.3) is 0 Å². The Morgan fingerprint density at radius 3 is 2.65 bits per heavy atom. The number of rotatable bonds is 5. The van der Waals surface area contributed by atoms with Gasteiger partial charge in [0.2, 0.25) is 0 Å². The van der Waals surface area contributed by atoms with Crippen molar-refractivity contribution in [2.45, 2.75) is 45.0 Å². The van der Waals surface area contributed by atoms with Gasteiger partial charge in [0.15, 0.2) is 0 Å². The predicted molar refractivity (Wildman–Crippen MR) is 74.1 cm³/mol. The van der Waals surface area contributed by atoms with Crippen LogP contribution in [-0.4, -0.2) is 39.5 Å². The molecule has 0 saturated heterocycles. The third kappa shape index (κ3) is 5.99. The average molecular weight is 282 g/mol. The molecule has 1 aromatic rings. The molecule has 0 aliphatic heterocycles. The van der Waals surface area contributed by atoms with E-state index < -0.39 is 23.9 Å². The van der Waals surface area contributed by atoms with Crippen molar-refractivity contribution in [1.29, 1.82) is 0 Å². The molecule has 0 saturated carbocycles. The highest BCUT2D eigenvalue weighted by Gasteiger charge is 2.20. The fourth-order valence-corrected chi connectivity index (χ4v) is 1.54. The lowest BCUT2D eigenvalue weighted by Crippen LogP contribution is -2.34. The average Bonchev–Trinajstić information content (AvgIpc) is 2.36. The van der Waals surface area contributed by atoms with Gasteiger partial charge in [-0.15, -0.1) is 0 Å². The molecule has 112 valence electrons. The summed E-state index contributed by atoms with van der Waals surface area (Å²) in [7, 11) is 0. The SMILES string of the molecule is CC(C)(C)OC(=O)NCCC(O)C(O)c1ccccn1. The smallest absolute Gasteiger partial charge is 0.407 e. The van der Waals surface area contributed by atoms with Gasteiger partial charge in [-0.05, 0) is 39.3 Å². The van der Waals surface area contributed by atoms with E-state index in [1.807, 2.05) is 0 Å². The van der Waals surface area contributed by atoms with Crippen molar-refractivity contribution in [2.75, 3.05) is 6.54 Å². The summed E-state index contributed by atoms with van der Waals surface area (Å²) < 4.78 is 5.06. The molecule has 1 amide bonds. The summed E-state index contributed by atoms with van der Waals surface area (Å²) in [6.45, 7) is 5.52. The molecule has 2 atom stereocenters. The molecule has 2 unspecified atom stereocenters. The van der Waals surface area contributed by atoms with Crippen molar-refractivity contribution in [1.82, 2.24) is 10.3 Å². The maximum atomic E-state index is 11.4. The zero-order chi connectivity index (χ0) is 15.2. The predicted octanol–water partition coefficient (Wildman–Crippen LogP) is 1.39. The molecule has 0 spiro atoms. The molecule has 0 radical (unpaired) electrons. The molecule has 1 rings (SSSR count). The lowest BCUT2D eigenvalue weighted by Gasteiger charge is -2.21. The first-order chi connectivity index (χ1) is 9.29. The molecule has 0 bridgehead atoms. The standard InChI is InChI=1S/C14H22N2O4/c1-14(2,3)20-13(19)16-9-7-11(17)12(18)10-6-4-5-8-15-10/h4-6,8,11-12,17-18H,7,9H2,1-3H3,(H,16,19). The first-order valence-electron chi connectivity index (χ1n) is 6.53. The van der Waals surface area contributed by atoms with Gasteiger partial charge in [0.05, 0.1) is 11.8 Å². The van der Waals surface area contributed by atoms with E-state index in [2.05, 4.69) is 10.3 Å². The van der Waals surface area contributed by atoms with E-state index in [1.165, 1.54) is 0 Å². The molecule has 0 fully saturated rings. The normalized spacial score (nSPS) is 14.4. The molecule has 3 N–H and O–H groups in total. The van der Waals surface area contributed by atoms with Crippen molar-refractivity contribution in [2.24, 2.45) is 0 Å². The van der Waals surface area contributed by atoms with Gasteiger partial charge in [-0.2, -0.15) is 0 Å². The number of hydrogen-bond acceptors (Lipinski definition) is 5. The van der Waals surface area contributed by atoms with Gasteiger partial charge in [-0.25, -0.2) is 4.79 Å². The number of alkyl carbamates (subject to hydrolysis) is 1. The first kappa shape index (κ1) is 16.4. The largest absolute Gasteiger partial charge is 0.444 e. The summed E-state index contributed by atoms with van der Waals surface area (Å²) in [5, 5.41) is 22.2. The van der Waals surface area contributed by atoms with E-state index >= 15 is 0 Å². The van der Waals surface area contributed by atoms with E-state index in [0.717, 1.165) is 0 Å². The highest BCUT2D eigenvalue weighted by Crippen LogP contribution is 2.15. The van der Waals surface area contributed by atoms with E-state index in [1.54, 1.807) is 45.2 Å². The van der Waals surface area contributed by atoms with E-state index in [9.17, 15) is 15.0 Å². The maximum Gasteiger partial charge on any atom is 0.407 e. The summed E-state index contributed by atoms with van der Waals surface area (Å²) in [6.07, 6.45) is -0.866. The number of nitrogens with one attached hydrogen (secondary N) is 1. The molecule has 1 heterocycles. The zero-order valence-electron chi connectivity index (χ0n) is 12.0. The number of carbonyl (C=O) groups is 1. The quantitative estimate of drug-likeness (QED) is 0.759. The molecule has 0 aliphatic carbocycles. The Morgan fingerprint density at radius 2 is 2.10 bits per heavy atom. The highest BCUT2D eigenvalue weighted by atomic mass is 16.6. The molecular formula is C14H22N2O4. The van der Waals surface area contributed by atoms with Gasteiger partial charge in [-0.3, -0.25) is 4.98 Å². The van der Waals surface area contributed by atoms with Crippen molar-refractivity contribution in [3.63, 3.8) is 0 Å². The van der Waals surface area contributed by atoms with Gasteiger partial charge in [0.1, 0.15) is 11.7 Å². The number of aliphatic hydroxyl groups excluding tert-OH is 2. The number of hydrogen-bond donors (Lipinski definition) is 3. The summed E-state index contributed by atoms with van der Waals surface area (Å²) in [4.78, 5) is 15.4. The Kier molecular flexibility index (Phi) is 5.91. The van der Waals surface area contributed by atoms with Crippen LogP contribution in [0.5, 0.6) is 0 Å². The van der Waals surface area contributed by atoms with Crippen LogP contribution in [0, 0.1) is 0 Å². The van der Waals surface area contributed by atoms with Gasteiger partial charge >= 0.3 is 6.09 Å². The Morgan fingerprint density at radius 1 is 1.40 bits per heavy atom. The number of aromatic nitrogens is 1. The van der Waals surface area contributed by atoms with E-state index in [-0.39, 0.29) is 13.0 Å². The van der Waals surface area contributed by atoms with Crippen LogP contribution in [0.15, 0.2) is 24.4 Å². The number of pyridine rings is 1. The maximum absolute atomic E-state index is 11.4. The lowest BCUT2D eigenvalue weighted by atomic mass is 10.1. The third-order valence-corrected chi connectivity index (χ3v) is 2.46. The van der Waals surface area contributed by atoms with Crippen LogP contribution in [0.4, 0.5) is 4.79 Å². The zero-order valence-corrected chi connectivity index (χ0v) is 12.0. The summed E-state index contributed by atoms with van der Waals surface area (Å²) in [5.74, 6) is 0. The van der Waals surface area contributed by atoms with Crippen LogP contribution in [0.25, 0.3) is 0 Å². The molecule has 6 nitrogen and oxygen atoms in total. The topological polar surface area (TPSA) is 91.7 Å². The fourth-order valence-electron chi connectivity index (χ4n) is 1.54. The lowest BCUT2D eigenvalue weighted by molar-refractivity contribution is 0.00994. The van der Waals surface area contributed by atoms with Crippen LogP contribution in [0.1, 0.15) is 39.0 Å². The number of amides is 1. The summed E-state index contributed by atoms with van der Waals surface area (Å²) in [5.41, 5.74) is -0.159. The fraction of sp³-hybridized carbons (Fsp3) is 0.571. The van der Waals surface area contributed by atoms with Crippen molar-refractivity contribution in [3.05, 3.63) is 30.1 Å². The van der Waals surface area contributed by atoms with Crippen LogP contribution < -0.4 is 5.32 Å². The second-order valence-corrected chi connectivity index (χ2v) is 5.48. The summed E-state index contributed by atoms with van der Waals surface area (Å²) >= 11 is 0. The van der Waals surface area contributed by atoms with Crippen LogP contribution in [0.2, 0.25) is 0 Å². The summed E-state index contributed by atoms with van der Waals surface area (Å²) in [6, 6.07) is 5.10. The molecule has 0 aliphatic rings. The minimum atomic E-state index is -1.07. The molecule has 6 heteroatoms. The van der Waals surface area contributed by atoms with Gasteiger partial charge in [0, 0.05) is 12.7 Å². The number of aliphatic hydroxyl groups is 2. The van der Waals surface area contributed by atoms with Crippen molar-refractivity contribution < 1.29 is 19.7 Å². The van der Waals surface area contributed by atoms with E-state index in [0.29, 0.717) is 5.69 Å². The number of ether oxygens (including phenoxy) is 1. The Balaban J connectivity index is 2.33. The van der Waals surface area contributed by atoms with Crippen LogP contribution >= 0.6 is 0 Å². The minimum absolute atomic E-state index is 0.205. The second-order valence-electron chi connectivity index (χ2n) is 5.48. The molecular weight excluding hydrogens is 260 g/mol. The Bertz CT molecular complexity index is 417. The highest BCUT2D eigenvalue weighted by molar-refractivity contribution is 5.67. The first-order valence-corrected chi connectivity index (χ1v) is 6.53. The Hall–Kier alpha value is -1.66. The monoisotopic (exact) mass is 282 g/mol. The number of nitrogens with zero attached hydrogens (tertiary/aromatic N) is 1. The van der Waals surface area contributed by atoms with Crippen molar-refractivity contribution in [3.8, 4) is 0 Å². The molecule has 20 heavy (non-hydrogen) atoms. The van der Waals surface area contributed by atoms with Gasteiger partial charge in [-0.1, -0.05) is 6.07 Å². The van der Waals surface area contributed by atoms with Crippen LogP contribution in [0.3, 0.4) is 0 Å².